The Kier molecular flexibility index (Phi) is 20.8. The minimum Gasteiger partial charge on any atom is -0.469 e. The van der Waals surface area contributed by atoms with E-state index in [0.717, 1.165) is 39.1 Å². The average Bonchev–Trinajstić information content (AvgIpc) is 3.41. The van der Waals surface area contributed by atoms with Crippen molar-refractivity contribution < 1.29 is 33.8 Å². The maximum atomic E-state index is 14.6. The first kappa shape index (κ1) is 54.8. The quantitative estimate of drug-likeness (QED) is 0.0199. The van der Waals surface area contributed by atoms with Gasteiger partial charge in [-0.05, 0) is 58.4 Å². The molecule has 0 saturated heterocycles. The molecule has 0 fully saturated rings. The minimum atomic E-state index is -1.10. The van der Waals surface area contributed by atoms with Gasteiger partial charge in [0.25, 0.3) is 0 Å². The lowest BCUT2D eigenvalue weighted by molar-refractivity contribution is -0.142. The van der Waals surface area contributed by atoms with E-state index in [2.05, 4.69) is 120 Å². The summed E-state index contributed by atoms with van der Waals surface area (Å²) in [5, 5.41) is 16.7. The lowest BCUT2D eigenvalue weighted by Crippen LogP contribution is -2.48. The maximum Gasteiger partial charge on any atom is 0.305 e. The monoisotopic (exact) mass is 1000 g/mol. The second kappa shape index (κ2) is 27.3. The van der Waals surface area contributed by atoms with Gasteiger partial charge in [0.15, 0.2) is 11.6 Å². The molecule has 4 atom stereocenters. The van der Waals surface area contributed by atoms with E-state index in [1.165, 1.54) is 18.9 Å². The molecule has 2 amide bonds. The molecule has 6 rings (SSSR count). The Morgan fingerprint density at radius 3 is 1.35 bits per heavy atom. The molecule has 0 heterocycles. The summed E-state index contributed by atoms with van der Waals surface area (Å²) in [5.41, 5.74) is 6.39. The van der Waals surface area contributed by atoms with Crippen LogP contribution in [-0.4, -0.2) is 71.3 Å². The molecular formula is C61H66N2O7S2. The molecule has 0 spiro atoms. The predicted octanol–water partition coefficient (Wildman–Crippen LogP) is 10.9. The summed E-state index contributed by atoms with van der Waals surface area (Å²) >= 11 is 3.33. The van der Waals surface area contributed by atoms with Gasteiger partial charge in [-0.3, -0.25) is 24.0 Å². The highest BCUT2D eigenvalue weighted by atomic mass is 32.2. The van der Waals surface area contributed by atoms with Crippen LogP contribution in [0.1, 0.15) is 86.3 Å². The van der Waals surface area contributed by atoms with Crippen LogP contribution in [0.15, 0.2) is 194 Å². The van der Waals surface area contributed by atoms with Crippen LogP contribution >= 0.6 is 23.5 Å². The smallest absolute Gasteiger partial charge is 0.305 e. The number of thioether (sulfide) groups is 2. The molecule has 6 aromatic carbocycles. The summed E-state index contributed by atoms with van der Waals surface area (Å²) in [4.78, 5) is 67.7. The second-order valence-corrected chi connectivity index (χ2v) is 20.7. The van der Waals surface area contributed by atoms with Gasteiger partial charge >= 0.3 is 5.97 Å². The third-order valence-corrected chi connectivity index (χ3v) is 16.0. The molecule has 0 saturated carbocycles. The molecule has 374 valence electrons. The molecule has 0 unspecified atom stereocenters. The summed E-state index contributed by atoms with van der Waals surface area (Å²) in [6.45, 7) is 5.21. The molecule has 0 radical (unpaired) electrons. The SMILES string of the molecule is COC(=O)CCC(=O)[C@H](NC(=O)[C@@H](CSC(c1ccccc1)(c1ccccc1)c1ccccc1)CC(=O)[C@@H](C)NC(=O)C[C@H](O)/C=C/CCSC(c1ccccc1)(c1ccccc1)c1ccccc1)C(C)C. The fraction of sp³-hybridized carbons (Fsp3) is 0.295. The van der Waals surface area contributed by atoms with Crippen molar-refractivity contribution >= 4 is 52.9 Å². The first-order valence-electron chi connectivity index (χ1n) is 24.6. The van der Waals surface area contributed by atoms with Crippen molar-refractivity contribution in [3.8, 4) is 0 Å². The number of nitrogens with one attached hydrogen (secondary N) is 2. The Morgan fingerprint density at radius 1 is 0.556 bits per heavy atom. The number of hydrogen-bond donors (Lipinski definition) is 3. The highest BCUT2D eigenvalue weighted by molar-refractivity contribution is 8.00. The fourth-order valence-electron chi connectivity index (χ4n) is 8.95. The van der Waals surface area contributed by atoms with Crippen molar-refractivity contribution in [2.24, 2.45) is 11.8 Å². The van der Waals surface area contributed by atoms with Crippen molar-refractivity contribution in [1.82, 2.24) is 10.6 Å². The van der Waals surface area contributed by atoms with Crippen LogP contribution in [-0.2, 0) is 38.2 Å². The van der Waals surface area contributed by atoms with Gasteiger partial charge in [-0.25, -0.2) is 0 Å². The van der Waals surface area contributed by atoms with Crippen molar-refractivity contribution in [3.63, 3.8) is 0 Å². The van der Waals surface area contributed by atoms with Gasteiger partial charge in [-0.2, -0.15) is 0 Å². The van der Waals surface area contributed by atoms with Crippen molar-refractivity contribution in [2.75, 3.05) is 18.6 Å². The van der Waals surface area contributed by atoms with Gasteiger partial charge in [-0.15, -0.1) is 23.5 Å². The number of aliphatic hydroxyl groups is 1. The van der Waals surface area contributed by atoms with Crippen LogP contribution in [0.5, 0.6) is 0 Å². The van der Waals surface area contributed by atoms with E-state index < -0.39 is 51.4 Å². The Bertz CT molecular complexity index is 2480. The fourth-order valence-corrected chi connectivity index (χ4v) is 12.1. The summed E-state index contributed by atoms with van der Waals surface area (Å²) < 4.78 is 3.47. The van der Waals surface area contributed by atoms with E-state index in [0.29, 0.717) is 6.42 Å². The number of esters is 1. The van der Waals surface area contributed by atoms with E-state index in [1.54, 1.807) is 13.0 Å². The lowest BCUT2D eigenvalue weighted by atomic mass is 9.84. The van der Waals surface area contributed by atoms with Gasteiger partial charge in [0.05, 0.1) is 53.6 Å². The van der Waals surface area contributed by atoms with Crippen molar-refractivity contribution in [2.45, 2.75) is 80.6 Å². The van der Waals surface area contributed by atoms with Crippen molar-refractivity contribution in [1.29, 1.82) is 0 Å². The molecule has 6 aromatic rings. The first-order valence-corrected chi connectivity index (χ1v) is 26.5. The number of hydrogen-bond acceptors (Lipinski definition) is 9. The number of benzene rings is 6. The van der Waals surface area contributed by atoms with E-state index in [1.807, 2.05) is 104 Å². The Labute approximate surface area is 433 Å². The molecule has 11 heteroatoms. The molecule has 72 heavy (non-hydrogen) atoms. The number of Topliss-reactive ketones (excluding diaryl/α,β-unsaturated/α-hetero) is 2. The topological polar surface area (TPSA) is 139 Å². The standard InChI is InChI=1S/C61H66N2O7S2/c1-44(2)58(54(65)38-39-57(68)70-4)63-59(69)46(43-72-61(50-31-17-8-18-32-50,51-33-19-9-20-34-51)52-35-21-10-22-36-52)41-55(66)45(3)62-56(67)42-53(64)37-23-24-40-71-60(47-25-11-5-12-26-47,48-27-13-6-14-28-48)49-29-15-7-16-30-49/h5-23,25-37,44-46,53,58,64H,24,38-43H2,1-4H3,(H,62,67)(H,63,69)/b37-23+/t45-,46-,53-,58-/m1/s1. The highest BCUT2D eigenvalue weighted by Crippen LogP contribution is 2.50. The summed E-state index contributed by atoms with van der Waals surface area (Å²) in [5.74, 6) is -2.62. The molecule has 0 aromatic heterocycles. The number of amides is 2. The number of carbonyl (C=O) groups is 5. The maximum absolute atomic E-state index is 14.6. The van der Waals surface area contributed by atoms with Crippen molar-refractivity contribution in [3.05, 3.63) is 228 Å². The Hall–Kier alpha value is -6.53. The number of methoxy groups -OCH3 is 1. The van der Waals surface area contributed by atoms with Gasteiger partial charge in [0.2, 0.25) is 11.8 Å². The molecule has 0 aliphatic rings. The molecule has 9 nitrogen and oxygen atoms in total. The van der Waals surface area contributed by atoms with E-state index in [4.69, 9.17) is 4.74 Å². The largest absolute Gasteiger partial charge is 0.469 e. The zero-order chi connectivity index (χ0) is 51.4. The van der Waals surface area contributed by atoms with Crippen LogP contribution in [0.2, 0.25) is 0 Å². The first-order chi connectivity index (χ1) is 34.9. The summed E-state index contributed by atoms with van der Waals surface area (Å²) in [6, 6.07) is 59.4. The average molecular weight is 1000 g/mol. The molecule has 0 aliphatic carbocycles. The number of carbonyl (C=O) groups excluding carboxylic acids is 5. The molecule has 0 bridgehead atoms. The van der Waals surface area contributed by atoms with Crippen LogP contribution in [0, 0.1) is 11.8 Å². The summed E-state index contributed by atoms with van der Waals surface area (Å²) in [7, 11) is 1.26. The number of allylic oxidation sites excluding steroid dienone is 1. The zero-order valence-electron chi connectivity index (χ0n) is 41.5. The molecular weight excluding hydrogens is 937 g/mol. The van der Waals surface area contributed by atoms with Gasteiger partial charge in [-0.1, -0.05) is 208 Å². The molecule has 3 N–H and O–H groups in total. The summed E-state index contributed by atoms with van der Waals surface area (Å²) in [6.07, 6.45) is 2.29. The Morgan fingerprint density at radius 2 is 0.958 bits per heavy atom. The van der Waals surface area contributed by atoms with Crippen LogP contribution < -0.4 is 10.6 Å². The van der Waals surface area contributed by atoms with Gasteiger partial charge in [0, 0.05) is 18.6 Å². The molecule has 0 aliphatic heterocycles. The van der Waals surface area contributed by atoms with Gasteiger partial charge in [0.1, 0.15) is 0 Å². The zero-order valence-corrected chi connectivity index (χ0v) is 43.2. The third-order valence-electron chi connectivity index (χ3n) is 12.7. The van der Waals surface area contributed by atoms with Gasteiger partial charge < -0.3 is 20.5 Å². The normalized spacial score (nSPS) is 13.4. The minimum absolute atomic E-state index is 0.117. The third kappa shape index (κ3) is 14.3. The predicted molar refractivity (Wildman–Crippen MR) is 291 cm³/mol. The number of aliphatic hydroxyl groups excluding tert-OH is 1. The van der Waals surface area contributed by atoms with E-state index in [-0.39, 0.29) is 48.9 Å². The Balaban J connectivity index is 1.16. The van der Waals surface area contributed by atoms with E-state index >= 15 is 0 Å². The number of rotatable bonds is 27. The van der Waals surface area contributed by atoms with E-state index in [9.17, 15) is 29.1 Å². The second-order valence-electron chi connectivity index (χ2n) is 18.1. The van der Waals surface area contributed by atoms with Crippen LogP contribution in [0.4, 0.5) is 0 Å². The van der Waals surface area contributed by atoms with Crippen LogP contribution in [0.3, 0.4) is 0 Å². The highest BCUT2D eigenvalue weighted by Gasteiger charge is 2.40. The lowest BCUT2D eigenvalue weighted by Gasteiger charge is -2.36. The van der Waals surface area contributed by atoms with Crippen LogP contribution in [0.25, 0.3) is 0 Å². The number of ether oxygens (including phenoxy) is 1. The number of ketones is 2.